The van der Waals surface area contributed by atoms with Crippen LogP contribution in [0.5, 0.6) is 5.75 Å². The number of ether oxygens (including phenoxy) is 2. The fourth-order valence-corrected chi connectivity index (χ4v) is 3.48. The van der Waals surface area contributed by atoms with E-state index < -0.39 is 5.97 Å². The molecule has 1 aromatic carbocycles. The molecule has 4 nitrogen and oxygen atoms in total. The van der Waals surface area contributed by atoms with Gasteiger partial charge in [-0.1, -0.05) is 44.7 Å². The number of hydrogen-bond acceptors (Lipinski definition) is 3. The third-order valence-electron chi connectivity index (χ3n) is 5.18. The van der Waals surface area contributed by atoms with Gasteiger partial charge in [-0.3, -0.25) is 0 Å². The van der Waals surface area contributed by atoms with Gasteiger partial charge in [-0.15, -0.1) is 0 Å². The van der Waals surface area contributed by atoms with E-state index in [2.05, 4.69) is 6.92 Å². The topological polar surface area (TPSA) is 55.8 Å². The normalized spacial score (nSPS) is 20.0. The summed E-state index contributed by atoms with van der Waals surface area (Å²) in [6.07, 6.45) is 14.2. The Labute approximate surface area is 163 Å². The van der Waals surface area contributed by atoms with E-state index >= 15 is 0 Å². The summed E-state index contributed by atoms with van der Waals surface area (Å²) >= 11 is 0. The van der Waals surface area contributed by atoms with Crippen molar-refractivity contribution in [2.45, 2.75) is 70.8 Å². The first-order valence-electron chi connectivity index (χ1n) is 10.4. The highest BCUT2D eigenvalue weighted by molar-refractivity contribution is 5.85. The summed E-state index contributed by atoms with van der Waals surface area (Å²) < 4.78 is 12.0. The van der Waals surface area contributed by atoms with Gasteiger partial charge in [0.2, 0.25) is 0 Å². The highest BCUT2D eigenvalue weighted by Crippen LogP contribution is 2.27. The molecule has 1 aliphatic carbocycles. The van der Waals surface area contributed by atoms with Gasteiger partial charge in [0, 0.05) is 12.7 Å². The van der Waals surface area contributed by atoms with Gasteiger partial charge in [-0.25, -0.2) is 4.79 Å². The number of hydrogen-bond donors (Lipinski definition) is 1. The third-order valence-corrected chi connectivity index (χ3v) is 5.18. The van der Waals surface area contributed by atoms with Crippen LogP contribution in [0.3, 0.4) is 0 Å². The predicted octanol–water partition coefficient (Wildman–Crippen LogP) is 5.71. The van der Waals surface area contributed by atoms with Gasteiger partial charge in [-0.05, 0) is 61.8 Å². The molecule has 0 amide bonds. The molecule has 0 heterocycles. The summed E-state index contributed by atoms with van der Waals surface area (Å²) in [7, 11) is 0. The second-order valence-corrected chi connectivity index (χ2v) is 7.48. The molecule has 1 saturated carbocycles. The van der Waals surface area contributed by atoms with Crippen LogP contribution in [0.25, 0.3) is 6.08 Å². The molecule has 0 spiro atoms. The van der Waals surface area contributed by atoms with Gasteiger partial charge in [-0.2, -0.15) is 0 Å². The van der Waals surface area contributed by atoms with Gasteiger partial charge in [0.05, 0.1) is 12.7 Å². The minimum absolute atomic E-state index is 0.438. The number of benzene rings is 1. The number of aliphatic carboxylic acids is 1. The lowest BCUT2D eigenvalue weighted by atomic mass is 9.88. The molecule has 0 unspecified atom stereocenters. The monoisotopic (exact) mass is 374 g/mol. The number of carboxylic acid groups (broad SMARTS) is 1. The molecule has 1 N–H and O–H groups in total. The molecular formula is C23H34O4. The summed E-state index contributed by atoms with van der Waals surface area (Å²) in [5.74, 6) is 0.500. The third kappa shape index (κ3) is 9.09. The average Bonchev–Trinajstić information content (AvgIpc) is 2.69. The van der Waals surface area contributed by atoms with Crippen LogP contribution >= 0.6 is 0 Å². The molecule has 1 aromatic rings. The van der Waals surface area contributed by atoms with E-state index in [4.69, 9.17) is 14.6 Å². The zero-order chi connectivity index (χ0) is 19.3. The van der Waals surface area contributed by atoms with Crippen molar-refractivity contribution in [1.29, 1.82) is 0 Å². The fraction of sp³-hybridized carbons (Fsp3) is 0.609. The van der Waals surface area contributed by atoms with E-state index in [1.807, 2.05) is 24.3 Å². The second kappa shape index (κ2) is 12.6. The van der Waals surface area contributed by atoms with Crippen LogP contribution < -0.4 is 4.74 Å². The van der Waals surface area contributed by atoms with Gasteiger partial charge in [0.15, 0.2) is 0 Å². The lowest BCUT2D eigenvalue weighted by Gasteiger charge is -2.28. The first-order chi connectivity index (χ1) is 13.2. The van der Waals surface area contributed by atoms with E-state index in [9.17, 15) is 4.79 Å². The molecule has 150 valence electrons. The summed E-state index contributed by atoms with van der Waals surface area (Å²) in [4.78, 5) is 10.5. The minimum atomic E-state index is -0.939. The first-order valence-corrected chi connectivity index (χ1v) is 10.4. The Bertz CT molecular complexity index is 556. The number of rotatable bonds is 12. The van der Waals surface area contributed by atoms with Crippen LogP contribution in [0, 0.1) is 5.92 Å². The maximum Gasteiger partial charge on any atom is 0.328 e. The summed E-state index contributed by atoms with van der Waals surface area (Å²) in [6.45, 7) is 3.90. The van der Waals surface area contributed by atoms with Crippen molar-refractivity contribution in [3.63, 3.8) is 0 Å². The molecule has 1 fully saturated rings. The highest BCUT2D eigenvalue weighted by Gasteiger charge is 2.22. The average molecular weight is 375 g/mol. The van der Waals surface area contributed by atoms with E-state index in [1.54, 1.807) is 6.08 Å². The van der Waals surface area contributed by atoms with Crippen LogP contribution in [0.4, 0.5) is 0 Å². The summed E-state index contributed by atoms with van der Waals surface area (Å²) in [5, 5.41) is 8.65. The summed E-state index contributed by atoms with van der Waals surface area (Å²) in [6, 6.07) is 7.55. The molecule has 0 bridgehead atoms. The van der Waals surface area contributed by atoms with Crippen molar-refractivity contribution in [2.75, 3.05) is 13.2 Å². The van der Waals surface area contributed by atoms with Crippen LogP contribution in [0.1, 0.15) is 70.3 Å². The van der Waals surface area contributed by atoms with Gasteiger partial charge >= 0.3 is 5.97 Å². The Balaban J connectivity index is 1.58. The van der Waals surface area contributed by atoms with Gasteiger partial charge < -0.3 is 14.6 Å². The van der Waals surface area contributed by atoms with E-state index in [0.717, 1.165) is 43.4 Å². The second-order valence-electron chi connectivity index (χ2n) is 7.48. The Morgan fingerprint density at radius 3 is 2.44 bits per heavy atom. The minimum Gasteiger partial charge on any atom is -0.493 e. The van der Waals surface area contributed by atoms with Crippen molar-refractivity contribution in [1.82, 2.24) is 0 Å². The molecule has 1 aliphatic rings. The largest absolute Gasteiger partial charge is 0.493 e. The van der Waals surface area contributed by atoms with E-state index in [1.165, 1.54) is 44.9 Å². The van der Waals surface area contributed by atoms with E-state index in [0.29, 0.717) is 12.0 Å². The maximum atomic E-state index is 10.5. The first kappa shape index (κ1) is 21.5. The van der Waals surface area contributed by atoms with Crippen LogP contribution in [-0.4, -0.2) is 30.4 Å². The highest BCUT2D eigenvalue weighted by atomic mass is 16.5. The van der Waals surface area contributed by atoms with Crippen molar-refractivity contribution < 1.29 is 19.4 Å². The lowest BCUT2D eigenvalue weighted by molar-refractivity contribution is -0.131. The Morgan fingerprint density at radius 1 is 1.07 bits per heavy atom. The number of carbonyl (C=O) groups is 1. The van der Waals surface area contributed by atoms with E-state index in [-0.39, 0.29) is 0 Å². The number of unbranched alkanes of at least 4 members (excludes halogenated alkanes) is 4. The van der Waals surface area contributed by atoms with Gasteiger partial charge in [0.25, 0.3) is 0 Å². The smallest absolute Gasteiger partial charge is 0.328 e. The molecule has 0 atom stereocenters. The Hall–Kier alpha value is -1.81. The van der Waals surface area contributed by atoms with Crippen molar-refractivity contribution in [2.24, 2.45) is 5.92 Å². The zero-order valence-electron chi connectivity index (χ0n) is 16.6. The van der Waals surface area contributed by atoms with Crippen molar-refractivity contribution in [3.8, 4) is 5.75 Å². The van der Waals surface area contributed by atoms with Gasteiger partial charge in [0.1, 0.15) is 5.75 Å². The zero-order valence-corrected chi connectivity index (χ0v) is 16.6. The Morgan fingerprint density at radius 2 is 1.78 bits per heavy atom. The number of carboxylic acids is 1. The quantitative estimate of drug-likeness (QED) is 0.376. The molecule has 2 rings (SSSR count). The molecular weight excluding hydrogens is 340 g/mol. The van der Waals surface area contributed by atoms with Crippen LogP contribution in [0.2, 0.25) is 0 Å². The predicted molar refractivity (Wildman–Crippen MR) is 109 cm³/mol. The molecule has 27 heavy (non-hydrogen) atoms. The SMILES string of the molecule is CCCCCCCOC1CCC(COc2ccc(/C=C/C(=O)O)cc2)CC1. The maximum absolute atomic E-state index is 10.5. The van der Waals surface area contributed by atoms with Crippen LogP contribution in [0.15, 0.2) is 30.3 Å². The lowest BCUT2D eigenvalue weighted by Crippen LogP contribution is -2.25. The molecule has 0 aliphatic heterocycles. The Kier molecular flexibility index (Phi) is 9.99. The summed E-state index contributed by atoms with van der Waals surface area (Å²) in [5.41, 5.74) is 0.858. The molecule has 0 radical (unpaired) electrons. The molecule has 0 aromatic heterocycles. The van der Waals surface area contributed by atoms with Crippen molar-refractivity contribution >= 4 is 12.0 Å². The van der Waals surface area contributed by atoms with Crippen molar-refractivity contribution in [3.05, 3.63) is 35.9 Å². The van der Waals surface area contributed by atoms with Crippen LogP contribution in [-0.2, 0) is 9.53 Å². The molecule has 0 saturated heterocycles. The standard InChI is InChI=1S/C23H34O4/c1-2-3-4-5-6-17-26-21-14-9-20(10-15-21)18-27-22-12-7-19(8-13-22)11-16-23(24)25/h7-8,11-13,16,20-21H,2-6,9-10,14-15,17-18H2,1H3,(H,24,25)/b16-11+. The fourth-order valence-electron chi connectivity index (χ4n) is 3.48. The molecule has 4 heteroatoms.